The van der Waals surface area contributed by atoms with Crippen molar-refractivity contribution < 1.29 is 19.4 Å². The molecule has 0 heterocycles. The molecule has 0 atom stereocenters. The summed E-state index contributed by atoms with van der Waals surface area (Å²) in [5, 5.41) is 11.3. The highest BCUT2D eigenvalue weighted by atomic mass is 79.9. The summed E-state index contributed by atoms with van der Waals surface area (Å²) in [4.78, 5) is 22.3. The third-order valence-electron chi connectivity index (χ3n) is 2.25. The van der Waals surface area contributed by atoms with Crippen LogP contribution in [0.4, 0.5) is 0 Å². The van der Waals surface area contributed by atoms with E-state index in [1.54, 1.807) is 26.0 Å². The number of carboxylic acids is 1. The lowest BCUT2D eigenvalue weighted by Crippen LogP contribution is -2.46. The number of aliphatic carboxylic acids is 1. The molecule has 0 radical (unpaired) electrons. The second-order valence-electron chi connectivity index (χ2n) is 4.75. The molecule has 0 aliphatic carbocycles. The first kappa shape index (κ1) is 15.5. The van der Waals surface area contributed by atoms with Gasteiger partial charge in [-0.3, -0.25) is 9.59 Å². The van der Waals surface area contributed by atoms with Gasteiger partial charge in [0.15, 0.2) is 6.61 Å². The molecule has 6 heteroatoms. The summed E-state index contributed by atoms with van der Waals surface area (Å²) in [7, 11) is 0. The van der Waals surface area contributed by atoms with Gasteiger partial charge in [-0.1, -0.05) is 15.9 Å². The largest absolute Gasteiger partial charge is 0.484 e. The van der Waals surface area contributed by atoms with E-state index in [1.807, 2.05) is 12.1 Å². The first-order chi connectivity index (χ1) is 8.78. The van der Waals surface area contributed by atoms with Gasteiger partial charge in [-0.15, -0.1) is 0 Å². The molecule has 1 rings (SSSR count). The molecular weight excluding hydrogens is 314 g/mol. The van der Waals surface area contributed by atoms with Crippen molar-refractivity contribution in [1.29, 1.82) is 0 Å². The number of carbonyl (C=O) groups is 2. The molecule has 0 bridgehead atoms. The van der Waals surface area contributed by atoms with Crippen LogP contribution in [0.3, 0.4) is 0 Å². The van der Waals surface area contributed by atoms with Gasteiger partial charge in [0.1, 0.15) is 5.75 Å². The van der Waals surface area contributed by atoms with Gasteiger partial charge in [-0.25, -0.2) is 0 Å². The number of hydrogen-bond donors (Lipinski definition) is 2. The van der Waals surface area contributed by atoms with Gasteiger partial charge in [0.25, 0.3) is 5.91 Å². The van der Waals surface area contributed by atoms with Gasteiger partial charge >= 0.3 is 5.97 Å². The van der Waals surface area contributed by atoms with Crippen LogP contribution in [0.25, 0.3) is 0 Å². The number of hydrogen-bond acceptors (Lipinski definition) is 3. The Morgan fingerprint density at radius 1 is 1.32 bits per heavy atom. The average molecular weight is 330 g/mol. The topological polar surface area (TPSA) is 75.6 Å². The Hall–Kier alpha value is -1.56. The van der Waals surface area contributed by atoms with Crippen molar-refractivity contribution >= 4 is 27.8 Å². The Balaban J connectivity index is 2.43. The van der Waals surface area contributed by atoms with E-state index in [2.05, 4.69) is 21.2 Å². The third kappa shape index (κ3) is 6.24. The van der Waals surface area contributed by atoms with Gasteiger partial charge in [-0.2, -0.15) is 0 Å². The van der Waals surface area contributed by atoms with Crippen LogP contribution in [-0.4, -0.2) is 29.1 Å². The average Bonchev–Trinajstić information content (AvgIpc) is 2.25. The van der Waals surface area contributed by atoms with Crippen LogP contribution >= 0.6 is 15.9 Å². The molecule has 1 aromatic carbocycles. The number of nitrogens with one attached hydrogen (secondary N) is 1. The zero-order valence-electron chi connectivity index (χ0n) is 10.8. The van der Waals surface area contributed by atoms with Crippen molar-refractivity contribution in [2.45, 2.75) is 25.8 Å². The fraction of sp³-hybridized carbons (Fsp3) is 0.385. The van der Waals surface area contributed by atoms with E-state index in [9.17, 15) is 9.59 Å². The van der Waals surface area contributed by atoms with E-state index in [0.717, 1.165) is 4.47 Å². The van der Waals surface area contributed by atoms with Crippen molar-refractivity contribution in [1.82, 2.24) is 5.32 Å². The van der Waals surface area contributed by atoms with Crippen LogP contribution in [-0.2, 0) is 9.59 Å². The molecule has 0 saturated carbocycles. The molecule has 1 amide bonds. The minimum atomic E-state index is -0.959. The number of carbonyl (C=O) groups excluding carboxylic acids is 1. The van der Waals surface area contributed by atoms with Crippen LogP contribution in [0.2, 0.25) is 0 Å². The Bertz CT molecular complexity index is 456. The number of amides is 1. The minimum Gasteiger partial charge on any atom is -0.484 e. The number of rotatable bonds is 6. The Labute approximate surface area is 120 Å². The van der Waals surface area contributed by atoms with Gasteiger partial charge < -0.3 is 15.2 Å². The van der Waals surface area contributed by atoms with E-state index in [4.69, 9.17) is 9.84 Å². The standard InChI is InChI=1S/C13H16BrNO4/c1-13(2,7-12(17)18)15-11(16)8-19-10-5-3-9(14)4-6-10/h3-6H,7-8H2,1-2H3,(H,15,16)(H,17,18). The second kappa shape index (κ2) is 6.56. The molecule has 0 saturated heterocycles. The summed E-state index contributed by atoms with van der Waals surface area (Å²) in [6.45, 7) is 3.15. The zero-order valence-corrected chi connectivity index (χ0v) is 12.4. The van der Waals surface area contributed by atoms with E-state index >= 15 is 0 Å². The molecule has 0 aromatic heterocycles. The highest BCUT2D eigenvalue weighted by molar-refractivity contribution is 9.10. The quantitative estimate of drug-likeness (QED) is 0.838. The fourth-order valence-electron chi connectivity index (χ4n) is 1.52. The number of carboxylic acid groups (broad SMARTS) is 1. The lowest BCUT2D eigenvalue weighted by Gasteiger charge is -2.24. The Kier molecular flexibility index (Phi) is 5.35. The highest BCUT2D eigenvalue weighted by Gasteiger charge is 2.23. The Morgan fingerprint density at radius 3 is 2.42 bits per heavy atom. The summed E-state index contributed by atoms with van der Waals surface area (Å²) >= 11 is 3.30. The van der Waals surface area contributed by atoms with Crippen molar-refractivity contribution in [2.24, 2.45) is 0 Å². The molecule has 2 N–H and O–H groups in total. The van der Waals surface area contributed by atoms with Gasteiger partial charge in [0, 0.05) is 10.0 Å². The molecule has 104 valence electrons. The summed E-state index contributed by atoms with van der Waals surface area (Å²) in [5.74, 6) is -0.734. The number of ether oxygens (including phenoxy) is 1. The number of benzene rings is 1. The minimum absolute atomic E-state index is 0.142. The zero-order chi connectivity index (χ0) is 14.5. The van der Waals surface area contributed by atoms with E-state index in [-0.39, 0.29) is 18.9 Å². The summed E-state index contributed by atoms with van der Waals surface area (Å²) in [5.41, 5.74) is -0.800. The lowest BCUT2D eigenvalue weighted by molar-refractivity contribution is -0.138. The highest BCUT2D eigenvalue weighted by Crippen LogP contribution is 2.16. The number of halogens is 1. The normalized spacial score (nSPS) is 10.9. The summed E-state index contributed by atoms with van der Waals surface area (Å²) in [6.07, 6.45) is -0.142. The first-order valence-corrected chi connectivity index (χ1v) is 6.49. The van der Waals surface area contributed by atoms with Crippen LogP contribution in [0.15, 0.2) is 28.7 Å². The molecular formula is C13H16BrNO4. The maximum Gasteiger partial charge on any atom is 0.305 e. The van der Waals surface area contributed by atoms with Gasteiger partial charge in [0.05, 0.1) is 6.42 Å². The molecule has 0 unspecified atom stereocenters. The lowest BCUT2D eigenvalue weighted by atomic mass is 10.0. The summed E-state index contributed by atoms with van der Waals surface area (Å²) < 4.78 is 6.22. The van der Waals surface area contributed by atoms with Crippen molar-refractivity contribution in [3.8, 4) is 5.75 Å². The molecule has 19 heavy (non-hydrogen) atoms. The van der Waals surface area contributed by atoms with E-state index in [1.165, 1.54) is 0 Å². The fourth-order valence-corrected chi connectivity index (χ4v) is 1.78. The molecule has 0 fully saturated rings. The van der Waals surface area contributed by atoms with Crippen molar-refractivity contribution in [2.75, 3.05) is 6.61 Å². The second-order valence-corrected chi connectivity index (χ2v) is 5.66. The summed E-state index contributed by atoms with van der Waals surface area (Å²) in [6, 6.07) is 7.09. The smallest absolute Gasteiger partial charge is 0.305 e. The third-order valence-corrected chi connectivity index (χ3v) is 2.78. The maximum absolute atomic E-state index is 11.6. The van der Waals surface area contributed by atoms with Crippen molar-refractivity contribution in [3.63, 3.8) is 0 Å². The van der Waals surface area contributed by atoms with Gasteiger partial charge in [-0.05, 0) is 38.1 Å². The van der Waals surface area contributed by atoms with E-state index < -0.39 is 11.5 Å². The molecule has 0 aliphatic rings. The predicted molar refractivity (Wildman–Crippen MR) is 74.1 cm³/mol. The predicted octanol–water partition coefficient (Wildman–Crippen LogP) is 2.20. The Morgan fingerprint density at radius 2 is 1.89 bits per heavy atom. The molecule has 5 nitrogen and oxygen atoms in total. The molecule has 0 spiro atoms. The first-order valence-electron chi connectivity index (χ1n) is 5.70. The maximum atomic E-state index is 11.6. The SMILES string of the molecule is CC(C)(CC(=O)O)NC(=O)COc1ccc(Br)cc1. The van der Waals surface area contributed by atoms with Crippen LogP contribution < -0.4 is 10.1 Å². The molecule has 0 aliphatic heterocycles. The van der Waals surface area contributed by atoms with E-state index in [0.29, 0.717) is 5.75 Å². The molecule has 1 aromatic rings. The van der Waals surface area contributed by atoms with Crippen LogP contribution in [0, 0.1) is 0 Å². The van der Waals surface area contributed by atoms with Crippen LogP contribution in [0.5, 0.6) is 5.75 Å². The monoisotopic (exact) mass is 329 g/mol. The van der Waals surface area contributed by atoms with Crippen LogP contribution in [0.1, 0.15) is 20.3 Å². The van der Waals surface area contributed by atoms with Gasteiger partial charge in [0.2, 0.25) is 0 Å². The van der Waals surface area contributed by atoms with Crippen molar-refractivity contribution in [3.05, 3.63) is 28.7 Å².